The fourth-order valence-corrected chi connectivity index (χ4v) is 3.87. The standard InChI is InChI=1S/C21H26N4O3/c1-13(20(25-22)11-23-15-8-21(2,26)9-15)28-16-3-4-19-18(7-16)17-5-6-27-12-14(17)10-24-19/h3-4,7,10-11,13,15,26H,5-6,8-9,12,22H2,1-2H3/b23-11?,25-20+. The van der Waals surface area contributed by atoms with E-state index in [0.29, 0.717) is 25.2 Å². The van der Waals surface area contributed by atoms with Gasteiger partial charge in [0.05, 0.1) is 30.4 Å². The van der Waals surface area contributed by atoms with Crippen LogP contribution in [0.3, 0.4) is 0 Å². The van der Waals surface area contributed by atoms with Crippen LogP contribution in [0.2, 0.25) is 0 Å². The van der Waals surface area contributed by atoms with E-state index in [1.807, 2.05) is 38.2 Å². The topological polar surface area (TPSA) is 102 Å². The zero-order valence-corrected chi connectivity index (χ0v) is 16.3. The van der Waals surface area contributed by atoms with Crippen molar-refractivity contribution < 1.29 is 14.6 Å². The molecule has 1 fully saturated rings. The summed E-state index contributed by atoms with van der Waals surface area (Å²) in [4.78, 5) is 8.99. The Bertz CT molecular complexity index is 931. The number of hydrogen-bond donors (Lipinski definition) is 2. The van der Waals surface area contributed by atoms with Crippen LogP contribution in [0.1, 0.15) is 37.8 Å². The van der Waals surface area contributed by atoms with Crippen molar-refractivity contribution in [1.82, 2.24) is 4.98 Å². The van der Waals surface area contributed by atoms with Crippen molar-refractivity contribution in [3.8, 4) is 5.75 Å². The van der Waals surface area contributed by atoms with E-state index in [9.17, 15) is 5.11 Å². The number of hydrogen-bond acceptors (Lipinski definition) is 7. The molecule has 1 aromatic heterocycles. The van der Waals surface area contributed by atoms with Gasteiger partial charge in [-0.25, -0.2) is 0 Å². The van der Waals surface area contributed by atoms with Crippen molar-refractivity contribution in [2.24, 2.45) is 15.9 Å². The zero-order chi connectivity index (χ0) is 19.7. The van der Waals surface area contributed by atoms with Crippen molar-refractivity contribution in [2.45, 2.75) is 57.5 Å². The third-order valence-electron chi connectivity index (χ3n) is 5.44. The van der Waals surface area contributed by atoms with E-state index in [4.69, 9.17) is 15.3 Å². The van der Waals surface area contributed by atoms with Crippen LogP contribution in [-0.2, 0) is 17.8 Å². The highest BCUT2D eigenvalue weighted by Crippen LogP contribution is 2.33. The molecular formula is C21H26N4O3. The number of ether oxygens (including phenoxy) is 2. The molecule has 1 aliphatic carbocycles. The van der Waals surface area contributed by atoms with Crippen molar-refractivity contribution in [1.29, 1.82) is 0 Å². The molecule has 2 heterocycles. The first-order valence-corrected chi connectivity index (χ1v) is 9.63. The first-order chi connectivity index (χ1) is 13.4. The fourth-order valence-electron chi connectivity index (χ4n) is 3.87. The summed E-state index contributed by atoms with van der Waals surface area (Å²) in [7, 11) is 0. The first kappa shape index (κ1) is 18.8. The molecule has 0 bridgehead atoms. The largest absolute Gasteiger partial charge is 0.484 e. The highest BCUT2D eigenvalue weighted by atomic mass is 16.5. The molecule has 0 amide bonds. The lowest BCUT2D eigenvalue weighted by molar-refractivity contribution is -0.0278. The average Bonchev–Trinajstić information content (AvgIpc) is 2.66. The van der Waals surface area contributed by atoms with Crippen LogP contribution >= 0.6 is 0 Å². The van der Waals surface area contributed by atoms with E-state index >= 15 is 0 Å². The summed E-state index contributed by atoms with van der Waals surface area (Å²) in [5.41, 5.74) is 3.32. The summed E-state index contributed by atoms with van der Waals surface area (Å²) in [6, 6.07) is 6.01. The maximum atomic E-state index is 9.81. The van der Waals surface area contributed by atoms with Gasteiger partial charge in [-0.05, 0) is 62.4 Å². The van der Waals surface area contributed by atoms with E-state index in [-0.39, 0.29) is 12.1 Å². The summed E-state index contributed by atoms with van der Waals surface area (Å²) >= 11 is 0. The van der Waals surface area contributed by atoms with Gasteiger partial charge in [-0.2, -0.15) is 5.10 Å². The molecule has 7 heteroatoms. The molecule has 2 aromatic rings. The Hall–Kier alpha value is -2.51. The van der Waals surface area contributed by atoms with Crippen LogP contribution in [0, 0.1) is 0 Å². The Morgan fingerprint density at radius 1 is 1.46 bits per heavy atom. The number of rotatable bonds is 5. The third-order valence-corrected chi connectivity index (χ3v) is 5.44. The number of nitrogens with zero attached hydrogens (tertiary/aromatic N) is 3. The molecule has 1 aliphatic heterocycles. The predicted octanol–water partition coefficient (Wildman–Crippen LogP) is 2.37. The third kappa shape index (κ3) is 3.86. The lowest BCUT2D eigenvalue weighted by Crippen LogP contribution is -2.43. The van der Waals surface area contributed by atoms with Gasteiger partial charge in [-0.1, -0.05) is 0 Å². The normalized spacial score (nSPS) is 26.1. The predicted molar refractivity (Wildman–Crippen MR) is 109 cm³/mol. The molecule has 1 unspecified atom stereocenters. The van der Waals surface area contributed by atoms with Crippen LogP contribution in [0.25, 0.3) is 10.9 Å². The number of nitrogens with two attached hydrogens (primary N) is 1. The molecule has 0 spiro atoms. The Morgan fingerprint density at radius 2 is 2.29 bits per heavy atom. The number of benzene rings is 1. The second-order valence-electron chi connectivity index (χ2n) is 7.89. The number of fused-ring (bicyclic) bond motifs is 3. The van der Waals surface area contributed by atoms with E-state index in [1.54, 1.807) is 6.21 Å². The lowest BCUT2D eigenvalue weighted by atomic mass is 9.78. The first-order valence-electron chi connectivity index (χ1n) is 9.63. The Morgan fingerprint density at radius 3 is 3.04 bits per heavy atom. The summed E-state index contributed by atoms with van der Waals surface area (Å²) in [5, 5.41) is 14.7. The second kappa shape index (κ2) is 7.48. The van der Waals surface area contributed by atoms with Crippen LogP contribution in [-0.4, -0.2) is 46.4 Å². The van der Waals surface area contributed by atoms with Crippen molar-refractivity contribution in [3.63, 3.8) is 0 Å². The van der Waals surface area contributed by atoms with Crippen molar-refractivity contribution in [2.75, 3.05) is 6.61 Å². The summed E-state index contributed by atoms with van der Waals surface area (Å²) in [6.45, 7) is 5.05. The molecule has 7 nitrogen and oxygen atoms in total. The van der Waals surface area contributed by atoms with Gasteiger partial charge < -0.3 is 20.4 Å². The van der Waals surface area contributed by atoms with Crippen LogP contribution < -0.4 is 10.6 Å². The maximum absolute atomic E-state index is 9.81. The Labute approximate surface area is 164 Å². The number of aliphatic imine (C=N–C) groups is 1. The summed E-state index contributed by atoms with van der Waals surface area (Å²) in [5.74, 6) is 6.29. The molecule has 2 aliphatic rings. The van der Waals surface area contributed by atoms with E-state index < -0.39 is 5.60 Å². The Balaban J connectivity index is 1.49. The van der Waals surface area contributed by atoms with Crippen molar-refractivity contribution >= 4 is 22.8 Å². The Kier molecular flexibility index (Phi) is 5.03. The van der Waals surface area contributed by atoms with E-state index in [1.165, 1.54) is 5.56 Å². The molecule has 148 valence electrons. The molecule has 4 rings (SSSR count). The van der Waals surface area contributed by atoms with Gasteiger partial charge in [-0.3, -0.25) is 9.98 Å². The van der Waals surface area contributed by atoms with Gasteiger partial charge in [0, 0.05) is 17.8 Å². The summed E-state index contributed by atoms with van der Waals surface area (Å²) in [6.07, 6.45) is 5.40. The summed E-state index contributed by atoms with van der Waals surface area (Å²) < 4.78 is 11.6. The monoisotopic (exact) mass is 382 g/mol. The number of aromatic nitrogens is 1. The molecule has 0 saturated heterocycles. The fraction of sp³-hybridized carbons (Fsp3) is 0.476. The maximum Gasteiger partial charge on any atom is 0.141 e. The average molecular weight is 382 g/mol. The smallest absolute Gasteiger partial charge is 0.141 e. The molecule has 3 N–H and O–H groups in total. The number of pyridine rings is 1. The van der Waals surface area contributed by atoms with Gasteiger partial charge >= 0.3 is 0 Å². The second-order valence-corrected chi connectivity index (χ2v) is 7.89. The quantitative estimate of drug-likeness (QED) is 0.470. The van der Waals surface area contributed by atoms with E-state index in [0.717, 1.165) is 35.2 Å². The molecule has 1 saturated carbocycles. The van der Waals surface area contributed by atoms with Gasteiger partial charge in [-0.15, -0.1) is 0 Å². The molecule has 0 radical (unpaired) electrons. The molecule has 28 heavy (non-hydrogen) atoms. The zero-order valence-electron chi connectivity index (χ0n) is 16.3. The highest BCUT2D eigenvalue weighted by Gasteiger charge is 2.37. The van der Waals surface area contributed by atoms with E-state index in [2.05, 4.69) is 15.1 Å². The molecular weight excluding hydrogens is 356 g/mol. The SMILES string of the molecule is CC(Oc1ccc2ncc3c(c2c1)CCOC3)/C(C=NC1CC(C)(O)C1)=N/N. The van der Waals surface area contributed by atoms with Gasteiger partial charge in [0.15, 0.2) is 0 Å². The minimum absolute atomic E-state index is 0.111. The highest BCUT2D eigenvalue weighted by molar-refractivity contribution is 6.32. The minimum atomic E-state index is -0.604. The number of aliphatic hydroxyl groups is 1. The minimum Gasteiger partial charge on any atom is -0.484 e. The van der Waals surface area contributed by atoms with Gasteiger partial charge in [0.2, 0.25) is 0 Å². The number of hydrazone groups is 1. The molecule has 1 aromatic carbocycles. The lowest BCUT2D eigenvalue weighted by Gasteiger charge is -2.38. The van der Waals surface area contributed by atoms with Gasteiger partial charge in [0.25, 0.3) is 0 Å². The van der Waals surface area contributed by atoms with Crippen LogP contribution in [0.15, 0.2) is 34.5 Å². The van der Waals surface area contributed by atoms with Crippen molar-refractivity contribution in [3.05, 3.63) is 35.5 Å². The molecule has 1 atom stereocenters. The van der Waals surface area contributed by atoms with Gasteiger partial charge in [0.1, 0.15) is 17.6 Å². The van der Waals surface area contributed by atoms with Crippen LogP contribution in [0.4, 0.5) is 0 Å². The van der Waals surface area contributed by atoms with Crippen LogP contribution in [0.5, 0.6) is 5.75 Å².